The number of rotatable bonds is 5. The van der Waals surface area contributed by atoms with E-state index in [9.17, 15) is 4.79 Å². The van der Waals surface area contributed by atoms with E-state index in [0.717, 1.165) is 12.8 Å². The lowest BCUT2D eigenvalue weighted by Crippen LogP contribution is -2.41. The van der Waals surface area contributed by atoms with E-state index < -0.39 is 0 Å². The Morgan fingerprint density at radius 2 is 2.14 bits per heavy atom. The maximum Gasteiger partial charge on any atom is 0.222 e. The first-order valence-corrected chi connectivity index (χ1v) is 5.23. The van der Waals surface area contributed by atoms with Crippen molar-refractivity contribution in [2.75, 3.05) is 20.3 Å². The molecule has 0 unspecified atom stereocenters. The highest BCUT2D eigenvalue weighted by Gasteiger charge is 2.29. The van der Waals surface area contributed by atoms with Gasteiger partial charge in [-0.2, -0.15) is 0 Å². The van der Waals surface area contributed by atoms with Gasteiger partial charge < -0.3 is 15.8 Å². The summed E-state index contributed by atoms with van der Waals surface area (Å²) >= 11 is 0. The number of ether oxygens (including phenoxy) is 1. The lowest BCUT2D eigenvalue weighted by molar-refractivity contribution is -0.121. The molecule has 0 radical (unpaired) electrons. The highest BCUT2D eigenvalue weighted by Crippen LogP contribution is 2.27. The van der Waals surface area contributed by atoms with Gasteiger partial charge in [0.1, 0.15) is 0 Å². The predicted octanol–water partition coefficient (Wildman–Crippen LogP) is 0.411. The summed E-state index contributed by atoms with van der Waals surface area (Å²) < 4.78 is 5.41. The molecule has 1 rings (SSSR count). The van der Waals surface area contributed by atoms with Crippen molar-refractivity contribution in [1.29, 1.82) is 0 Å². The van der Waals surface area contributed by atoms with Gasteiger partial charge in [-0.15, -0.1) is 0 Å². The molecule has 1 aliphatic rings. The Morgan fingerprint density at radius 1 is 1.50 bits per heavy atom. The molecule has 0 atom stereocenters. The number of hydrogen-bond donors (Lipinski definition) is 2. The molecule has 1 fully saturated rings. The summed E-state index contributed by atoms with van der Waals surface area (Å²) in [5.74, 6) is 0.0162. The van der Waals surface area contributed by atoms with Crippen molar-refractivity contribution in [2.45, 2.75) is 37.6 Å². The van der Waals surface area contributed by atoms with Crippen LogP contribution in [0.15, 0.2) is 0 Å². The van der Waals surface area contributed by atoms with Crippen LogP contribution in [0.2, 0.25) is 0 Å². The highest BCUT2D eigenvalue weighted by molar-refractivity contribution is 5.75. The van der Waals surface area contributed by atoms with Crippen molar-refractivity contribution in [1.82, 2.24) is 5.32 Å². The quantitative estimate of drug-likeness (QED) is 0.632. The van der Waals surface area contributed by atoms with E-state index in [4.69, 9.17) is 10.5 Å². The summed E-state index contributed by atoms with van der Waals surface area (Å²) in [6, 6.07) is 0. The average Bonchev–Trinajstić information content (AvgIpc) is 2.60. The van der Waals surface area contributed by atoms with Crippen LogP contribution in [0.25, 0.3) is 0 Å². The summed E-state index contributed by atoms with van der Waals surface area (Å²) in [5, 5.41) is 2.55. The van der Waals surface area contributed by atoms with Crippen LogP contribution in [0.1, 0.15) is 32.1 Å². The fourth-order valence-corrected chi connectivity index (χ4v) is 1.79. The standard InChI is InChI=1S/C10H20N2O2/c1-12-9(13)4-7-14-8-10(11)5-2-3-6-10/h2-8,11H2,1H3,(H,12,13). The van der Waals surface area contributed by atoms with E-state index >= 15 is 0 Å². The summed E-state index contributed by atoms with van der Waals surface area (Å²) in [4.78, 5) is 10.9. The largest absolute Gasteiger partial charge is 0.379 e. The zero-order valence-electron chi connectivity index (χ0n) is 8.84. The Hall–Kier alpha value is -0.610. The molecule has 0 aromatic heterocycles. The van der Waals surface area contributed by atoms with E-state index in [2.05, 4.69) is 5.32 Å². The lowest BCUT2D eigenvalue weighted by atomic mass is 10.0. The van der Waals surface area contributed by atoms with E-state index in [0.29, 0.717) is 19.6 Å². The smallest absolute Gasteiger partial charge is 0.222 e. The first kappa shape index (κ1) is 11.5. The number of amides is 1. The average molecular weight is 200 g/mol. The minimum absolute atomic E-state index is 0.0162. The topological polar surface area (TPSA) is 64.3 Å². The van der Waals surface area contributed by atoms with Gasteiger partial charge in [-0.25, -0.2) is 0 Å². The van der Waals surface area contributed by atoms with Gasteiger partial charge in [-0.05, 0) is 12.8 Å². The molecule has 0 aliphatic heterocycles. The second kappa shape index (κ2) is 5.32. The van der Waals surface area contributed by atoms with Crippen LogP contribution >= 0.6 is 0 Å². The van der Waals surface area contributed by atoms with Crippen LogP contribution in [0.5, 0.6) is 0 Å². The van der Waals surface area contributed by atoms with Gasteiger partial charge in [-0.1, -0.05) is 12.8 Å². The fourth-order valence-electron chi connectivity index (χ4n) is 1.79. The molecule has 4 nitrogen and oxygen atoms in total. The highest BCUT2D eigenvalue weighted by atomic mass is 16.5. The van der Waals surface area contributed by atoms with Crippen molar-refractivity contribution in [2.24, 2.45) is 5.73 Å². The van der Waals surface area contributed by atoms with Gasteiger partial charge >= 0.3 is 0 Å². The second-order valence-corrected chi connectivity index (χ2v) is 4.05. The predicted molar refractivity (Wildman–Crippen MR) is 54.9 cm³/mol. The Bertz CT molecular complexity index is 189. The van der Waals surface area contributed by atoms with Crippen molar-refractivity contribution in [3.8, 4) is 0 Å². The molecule has 0 saturated heterocycles. The molecule has 0 spiro atoms. The van der Waals surface area contributed by atoms with Crippen LogP contribution in [0.3, 0.4) is 0 Å². The first-order chi connectivity index (χ1) is 6.66. The van der Waals surface area contributed by atoms with Crippen LogP contribution in [0, 0.1) is 0 Å². The lowest BCUT2D eigenvalue weighted by Gasteiger charge is -2.22. The Kier molecular flexibility index (Phi) is 4.35. The molecule has 0 heterocycles. The Labute approximate surface area is 85.2 Å². The fraction of sp³-hybridized carbons (Fsp3) is 0.900. The summed E-state index contributed by atoms with van der Waals surface area (Å²) in [6.45, 7) is 1.06. The Balaban J connectivity index is 2.06. The SMILES string of the molecule is CNC(=O)CCOCC1(N)CCCC1. The Morgan fingerprint density at radius 3 is 2.71 bits per heavy atom. The van der Waals surface area contributed by atoms with Gasteiger partial charge in [0, 0.05) is 19.0 Å². The third kappa shape index (κ3) is 3.64. The van der Waals surface area contributed by atoms with Crippen LogP contribution in [-0.2, 0) is 9.53 Å². The molecule has 1 amide bonds. The van der Waals surface area contributed by atoms with E-state index in [1.165, 1.54) is 12.8 Å². The summed E-state index contributed by atoms with van der Waals surface area (Å²) in [7, 11) is 1.63. The van der Waals surface area contributed by atoms with E-state index in [1.807, 2.05) is 0 Å². The van der Waals surface area contributed by atoms with E-state index in [-0.39, 0.29) is 11.4 Å². The summed E-state index contributed by atoms with van der Waals surface area (Å²) in [5.41, 5.74) is 5.96. The van der Waals surface area contributed by atoms with Crippen LogP contribution in [-0.4, -0.2) is 31.7 Å². The normalized spacial score (nSPS) is 19.6. The van der Waals surface area contributed by atoms with Crippen molar-refractivity contribution in [3.63, 3.8) is 0 Å². The van der Waals surface area contributed by atoms with Crippen molar-refractivity contribution < 1.29 is 9.53 Å². The van der Waals surface area contributed by atoms with Crippen molar-refractivity contribution >= 4 is 5.91 Å². The third-order valence-electron chi connectivity index (χ3n) is 2.74. The molecule has 0 aromatic rings. The molecule has 4 heteroatoms. The van der Waals surface area contributed by atoms with E-state index in [1.54, 1.807) is 7.05 Å². The maximum absolute atomic E-state index is 10.9. The molecular weight excluding hydrogens is 180 g/mol. The zero-order chi connectivity index (χ0) is 10.4. The molecule has 1 aliphatic carbocycles. The second-order valence-electron chi connectivity index (χ2n) is 4.05. The maximum atomic E-state index is 10.9. The molecule has 0 bridgehead atoms. The number of nitrogens with two attached hydrogens (primary N) is 1. The molecular formula is C10H20N2O2. The minimum Gasteiger partial charge on any atom is -0.379 e. The number of nitrogens with one attached hydrogen (secondary N) is 1. The molecule has 14 heavy (non-hydrogen) atoms. The zero-order valence-corrected chi connectivity index (χ0v) is 8.84. The molecule has 3 N–H and O–H groups in total. The molecule has 1 saturated carbocycles. The number of carbonyl (C=O) groups excluding carboxylic acids is 1. The van der Waals surface area contributed by atoms with Crippen LogP contribution < -0.4 is 11.1 Å². The first-order valence-electron chi connectivity index (χ1n) is 5.23. The number of hydrogen-bond acceptors (Lipinski definition) is 3. The summed E-state index contributed by atoms with van der Waals surface area (Å²) in [6.07, 6.45) is 4.93. The van der Waals surface area contributed by atoms with Gasteiger partial charge in [0.05, 0.1) is 13.2 Å². The molecule has 82 valence electrons. The monoisotopic (exact) mass is 200 g/mol. The van der Waals surface area contributed by atoms with Gasteiger partial charge in [-0.3, -0.25) is 4.79 Å². The number of carbonyl (C=O) groups is 1. The molecule has 0 aromatic carbocycles. The third-order valence-corrected chi connectivity index (χ3v) is 2.74. The van der Waals surface area contributed by atoms with Gasteiger partial charge in [0.15, 0.2) is 0 Å². The van der Waals surface area contributed by atoms with Gasteiger partial charge in [0.2, 0.25) is 5.91 Å². The van der Waals surface area contributed by atoms with Crippen LogP contribution in [0.4, 0.5) is 0 Å². The van der Waals surface area contributed by atoms with Crippen molar-refractivity contribution in [3.05, 3.63) is 0 Å². The van der Waals surface area contributed by atoms with Gasteiger partial charge in [0.25, 0.3) is 0 Å². The minimum atomic E-state index is -0.122.